The molecule has 130 valence electrons. The van der Waals surface area contributed by atoms with Gasteiger partial charge in [0, 0.05) is 11.3 Å². The van der Waals surface area contributed by atoms with Gasteiger partial charge in [-0.05, 0) is 48.2 Å². The number of carbonyl (C=O) groups excluding carboxylic acids is 2. The molecule has 5 heteroatoms. The quantitative estimate of drug-likeness (QED) is 0.871. The van der Waals surface area contributed by atoms with E-state index >= 15 is 0 Å². The van der Waals surface area contributed by atoms with E-state index in [1.165, 1.54) is 5.56 Å². The summed E-state index contributed by atoms with van der Waals surface area (Å²) in [5.74, 6) is 0.199. The topological polar surface area (TPSA) is 67.4 Å². The van der Waals surface area contributed by atoms with E-state index in [1.807, 2.05) is 24.3 Å². The van der Waals surface area contributed by atoms with E-state index in [4.69, 9.17) is 4.74 Å². The third-order valence-electron chi connectivity index (χ3n) is 4.18. The molecule has 0 aromatic heterocycles. The summed E-state index contributed by atoms with van der Waals surface area (Å²) >= 11 is 0. The highest BCUT2D eigenvalue weighted by Gasteiger charge is 2.23. The average Bonchev–Trinajstić information content (AvgIpc) is 2.55. The first-order chi connectivity index (χ1) is 11.7. The van der Waals surface area contributed by atoms with Gasteiger partial charge in [-0.15, -0.1) is 0 Å². The van der Waals surface area contributed by atoms with Gasteiger partial charge in [-0.1, -0.05) is 32.9 Å². The first-order valence-corrected chi connectivity index (χ1v) is 8.27. The molecule has 0 spiro atoms. The number of amides is 2. The fraction of sp³-hybridized carbons (Fsp3) is 0.300. The molecule has 1 aliphatic rings. The summed E-state index contributed by atoms with van der Waals surface area (Å²) in [6, 6.07) is 12.8. The van der Waals surface area contributed by atoms with Gasteiger partial charge in [-0.2, -0.15) is 0 Å². The molecular formula is C20H22N2O3. The van der Waals surface area contributed by atoms with Crippen LogP contribution in [0.4, 0.5) is 11.4 Å². The minimum Gasteiger partial charge on any atom is -0.479 e. The Labute approximate surface area is 147 Å². The fourth-order valence-electron chi connectivity index (χ4n) is 2.61. The Balaban J connectivity index is 1.75. The van der Waals surface area contributed by atoms with Crippen LogP contribution in [0.2, 0.25) is 0 Å². The molecule has 0 saturated heterocycles. The van der Waals surface area contributed by atoms with Crippen molar-refractivity contribution in [1.29, 1.82) is 0 Å². The molecule has 5 nitrogen and oxygen atoms in total. The van der Waals surface area contributed by atoms with Crippen molar-refractivity contribution in [2.75, 3.05) is 10.6 Å². The van der Waals surface area contributed by atoms with E-state index in [0.717, 1.165) is 0 Å². The molecule has 0 saturated carbocycles. The molecule has 1 heterocycles. The molecule has 2 amide bonds. The smallest absolute Gasteiger partial charge is 0.265 e. The molecule has 2 aromatic rings. The molecule has 2 N–H and O–H groups in total. The lowest BCUT2D eigenvalue weighted by Crippen LogP contribution is -2.34. The van der Waals surface area contributed by atoms with Crippen molar-refractivity contribution in [2.24, 2.45) is 0 Å². The second-order valence-electron chi connectivity index (χ2n) is 7.24. The van der Waals surface area contributed by atoms with Gasteiger partial charge in [0.1, 0.15) is 5.75 Å². The number of ether oxygens (including phenoxy) is 1. The number of rotatable bonds is 2. The second kappa shape index (κ2) is 6.24. The van der Waals surface area contributed by atoms with E-state index in [1.54, 1.807) is 25.1 Å². The van der Waals surface area contributed by atoms with Crippen LogP contribution in [0, 0.1) is 0 Å². The molecule has 0 unspecified atom stereocenters. The standard InChI is InChI=1S/C20H22N2O3/c1-12-18(23)22-16-11-15(9-10-17(16)25-12)21-19(24)13-5-7-14(8-6-13)20(2,3)4/h5-12H,1-4H3,(H,21,24)(H,22,23)/t12-/m0/s1. The highest BCUT2D eigenvalue weighted by molar-refractivity contribution is 6.05. The van der Waals surface area contributed by atoms with E-state index < -0.39 is 6.10 Å². The zero-order chi connectivity index (χ0) is 18.2. The van der Waals surface area contributed by atoms with E-state index in [2.05, 4.69) is 31.4 Å². The summed E-state index contributed by atoms with van der Waals surface area (Å²) in [4.78, 5) is 24.1. The van der Waals surface area contributed by atoms with Crippen molar-refractivity contribution in [2.45, 2.75) is 39.2 Å². The number of fused-ring (bicyclic) bond motifs is 1. The van der Waals surface area contributed by atoms with E-state index in [9.17, 15) is 9.59 Å². The molecular weight excluding hydrogens is 316 g/mol. The molecule has 0 fully saturated rings. The largest absolute Gasteiger partial charge is 0.479 e. The van der Waals surface area contributed by atoms with Crippen molar-refractivity contribution in [1.82, 2.24) is 0 Å². The predicted molar refractivity (Wildman–Crippen MR) is 98.3 cm³/mol. The van der Waals surface area contributed by atoms with Crippen LogP contribution >= 0.6 is 0 Å². The maximum absolute atomic E-state index is 12.4. The Bertz CT molecular complexity index is 820. The second-order valence-corrected chi connectivity index (χ2v) is 7.24. The highest BCUT2D eigenvalue weighted by atomic mass is 16.5. The number of hydrogen-bond donors (Lipinski definition) is 2. The Morgan fingerprint density at radius 3 is 2.44 bits per heavy atom. The summed E-state index contributed by atoms with van der Waals surface area (Å²) in [7, 11) is 0. The van der Waals surface area contributed by atoms with Crippen molar-refractivity contribution in [3.63, 3.8) is 0 Å². The summed E-state index contributed by atoms with van der Waals surface area (Å²) in [6.45, 7) is 8.08. The maximum Gasteiger partial charge on any atom is 0.265 e. The lowest BCUT2D eigenvalue weighted by molar-refractivity contribution is -0.122. The molecule has 25 heavy (non-hydrogen) atoms. The zero-order valence-electron chi connectivity index (χ0n) is 14.8. The molecule has 3 rings (SSSR count). The number of carbonyl (C=O) groups is 2. The summed E-state index contributed by atoms with van der Waals surface area (Å²) < 4.78 is 5.51. The Morgan fingerprint density at radius 2 is 1.80 bits per heavy atom. The average molecular weight is 338 g/mol. The zero-order valence-corrected chi connectivity index (χ0v) is 14.8. The lowest BCUT2D eigenvalue weighted by atomic mass is 9.87. The van der Waals surface area contributed by atoms with Gasteiger partial charge in [0.25, 0.3) is 11.8 Å². The van der Waals surface area contributed by atoms with E-state index in [-0.39, 0.29) is 17.2 Å². The van der Waals surface area contributed by atoms with Gasteiger partial charge in [0.2, 0.25) is 0 Å². The van der Waals surface area contributed by atoms with Gasteiger partial charge >= 0.3 is 0 Å². The summed E-state index contributed by atoms with van der Waals surface area (Å²) in [5.41, 5.74) is 2.96. The Morgan fingerprint density at radius 1 is 1.12 bits per heavy atom. The molecule has 0 aliphatic carbocycles. The van der Waals surface area contributed by atoms with Crippen LogP contribution in [0.1, 0.15) is 43.6 Å². The van der Waals surface area contributed by atoms with Crippen molar-refractivity contribution < 1.29 is 14.3 Å². The predicted octanol–water partition coefficient (Wildman–Crippen LogP) is 3.96. The summed E-state index contributed by atoms with van der Waals surface area (Å²) in [6.07, 6.45) is -0.519. The number of anilines is 2. The highest BCUT2D eigenvalue weighted by Crippen LogP contribution is 2.32. The van der Waals surface area contributed by atoms with Gasteiger partial charge in [0.05, 0.1) is 5.69 Å². The van der Waals surface area contributed by atoms with Gasteiger partial charge in [-0.25, -0.2) is 0 Å². The SMILES string of the molecule is C[C@@H]1Oc2ccc(NC(=O)c3ccc(C(C)(C)C)cc3)cc2NC1=O. The Kier molecular flexibility index (Phi) is 4.25. The van der Waals surface area contributed by atoms with Crippen molar-refractivity contribution in [3.8, 4) is 5.75 Å². The van der Waals surface area contributed by atoms with E-state index in [0.29, 0.717) is 22.7 Å². The lowest BCUT2D eigenvalue weighted by Gasteiger charge is -2.23. The van der Waals surface area contributed by atoms with Crippen LogP contribution in [0.3, 0.4) is 0 Å². The third-order valence-corrected chi connectivity index (χ3v) is 4.18. The normalized spacial score (nSPS) is 16.5. The minimum atomic E-state index is -0.519. The van der Waals surface area contributed by atoms with Crippen molar-refractivity contribution >= 4 is 23.2 Å². The van der Waals surface area contributed by atoms with Crippen LogP contribution in [0.25, 0.3) is 0 Å². The molecule has 0 radical (unpaired) electrons. The number of hydrogen-bond acceptors (Lipinski definition) is 3. The van der Waals surface area contributed by atoms with Crippen LogP contribution in [-0.4, -0.2) is 17.9 Å². The van der Waals surface area contributed by atoms with Crippen LogP contribution in [0.15, 0.2) is 42.5 Å². The maximum atomic E-state index is 12.4. The number of nitrogens with one attached hydrogen (secondary N) is 2. The third kappa shape index (κ3) is 3.65. The van der Waals surface area contributed by atoms with Gasteiger partial charge in [-0.3, -0.25) is 9.59 Å². The van der Waals surface area contributed by atoms with Crippen LogP contribution < -0.4 is 15.4 Å². The Hall–Kier alpha value is -2.82. The van der Waals surface area contributed by atoms with Crippen molar-refractivity contribution in [3.05, 3.63) is 53.6 Å². The first kappa shape index (κ1) is 17.0. The van der Waals surface area contributed by atoms with Gasteiger partial charge < -0.3 is 15.4 Å². The first-order valence-electron chi connectivity index (χ1n) is 8.27. The molecule has 0 bridgehead atoms. The van der Waals surface area contributed by atoms with Gasteiger partial charge in [0.15, 0.2) is 6.10 Å². The van der Waals surface area contributed by atoms with Crippen LogP contribution in [0.5, 0.6) is 5.75 Å². The molecule has 2 aromatic carbocycles. The monoisotopic (exact) mass is 338 g/mol. The minimum absolute atomic E-state index is 0.0445. The van der Waals surface area contributed by atoms with Crippen LogP contribution in [-0.2, 0) is 10.2 Å². The summed E-state index contributed by atoms with van der Waals surface area (Å²) in [5, 5.41) is 5.62. The molecule has 1 aliphatic heterocycles. The number of benzene rings is 2. The molecule has 1 atom stereocenters. The fourth-order valence-corrected chi connectivity index (χ4v) is 2.61.